The number of rotatable bonds is 6. The zero-order valence-corrected chi connectivity index (χ0v) is 9.64. The second-order valence-electron chi connectivity index (χ2n) is 4.90. The molecule has 0 spiro atoms. The molecule has 1 rings (SSSR count). The van der Waals surface area contributed by atoms with E-state index in [4.69, 9.17) is 0 Å². The molecule has 1 nitrogen and oxygen atoms in total. The van der Waals surface area contributed by atoms with Crippen LogP contribution < -0.4 is 5.32 Å². The highest BCUT2D eigenvalue weighted by Crippen LogP contribution is 2.24. The molecule has 1 aliphatic carbocycles. The van der Waals surface area contributed by atoms with Crippen LogP contribution in [-0.2, 0) is 0 Å². The van der Waals surface area contributed by atoms with Gasteiger partial charge in [-0.05, 0) is 37.1 Å². The van der Waals surface area contributed by atoms with E-state index in [2.05, 4.69) is 33.0 Å². The Hall–Kier alpha value is -0.0400. The lowest BCUT2D eigenvalue weighted by molar-refractivity contribution is 0.264. The number of nitrogens with one attached hydrogen (secondary N) is 1. The summed E-state index contributed by atoms with van der Waals surface area (Å²) in [7, 11) is 0. The Balaban J connectivity index is 2.15. The van der Waals surface area contributed by atoms with Gasteiger partial charge in [0.15, 0.2) is 0 Å². The van der Waals surface area contributed by atoms with Gasteiger partial charge in [0.05, 0.1) is 0 Å². The fourth-order valence-electron chi connectivity index (χ4n) is 1.76. The van der Waals surface area contributed by atoms with Crippen molar-refractivity contribution in [1.82, 2.24) is 5.32 Å². The first-order valence-electron chi connectivity index (χ1n) is 5.88. The van der Waals surface area contributed by atoms with Gasteiger partial charge >= 0.3 is 0 Å². The Bertz CT molecular complexity index is 140. The SMILES string of the molecule is CCC(C)C(C)C(C)CNC1CC1. The van der Waals surface area contributed by atoms with Crippen molar-refractivity contribution in [3.63, 3.8) is 0 Å². The van der Waals surface area contributed by atoms with E-state index < -0.39 is 0 Å². The van der Waals surface area contributed by atoms with Gasteiger partial charge in [0.2, 0.25) is 0 Å². The molecule has 0 aromatic rings. The lowest BCUT2D eigenvalue weighted by Gasteiger charge is -2.25. The minimum atomic E-state index is 0.829. The lowest BCUT2D eigenvalue weighted by Crippen LogP contribution is -2.29. The predicted molar refractivity (Wildman–Crippen MR) is 58.8 cm³/mol. The molecule has 78 valence electrons. The van der Waals surface area contributed by atoms with E-state index in [1.807, 2.05) is 0 Å². The Labute approximate surface area is 83.3 Å². The quantitative estimate of drug-likeness (QED) is 0.667. The standard InChI is InChI=1S/C12H25N/c1-5-9(2)11(4)10(3)8-13-12-6-7-12/h9-13H,5-8H2,1-4H3. The summed E-state index contributed by atoms with van der Waals surface area (Å²) in [5.41, 5.74) is 0. The van der Waals surface area contributed by atoms with E-state index in [1.165, 1.54) is 25.8 Å². The molecule has 0 bridgehead atoms. The maximum Gasteiger partial charge on any atom is 0.00683 e. The molecule has 3 atom stereocenters. The van der Waals surface area contributed by atoms with Crippen LogP contribution in [0.15, 0.2) is 0 Å². The molecule has 13 heavy (non-hydrogen) atoms. The normalized spacial score (nSPS) is 24.0. The zero-order chi connectivity index (χ0) is 9.84. The monoisotopic (exact) mass is 183 g/mol. The van der Waals surface area contributed by atoms with Crippen molar-refractivity contribution in [2.24, 2.45) is 17.8 Å². The van der Waals surface area contributed by atoms with Gasteiger partial charge < -0.3 is 5.32 Å². The third-order valence-corrected chi connectivity index (χ3v) is 3.74. The largest absolute Gasteiger partial charge is 0.314 e. The van der Waals surface area contributed by atoms with Crippen LogP contribution in [0.4, 0.5) is 0 Å². The first-order valence-corrected chi connectivity index (χ1v) is 5.88. The molecule has 1 saturated carbocycles. The molecule has 1 fully saturated rings. The third kappa shape index (κ3) is 3.68. The molecule has 3 unspecified atom stereocenters. The van der Waals surface area contributed by atoms with Crippen molar-refractivity contribution in [3.8, 4) is 0 Å². The highest BCUT2D eigenvalue weighted by Gasteiger charge is 2.23. The van der Waals surface area contributed by atoms with Crippen LogP contribution in [0, 0.1) is 17.8 Å². The van der Waals surface area contributed by atoms with Crippen molar-refractivity contribution in [2.45, 2.75) is 53.0 Å². The third-order valence-electron chi connectivity index (χ3n) is 3.74. The molecule has 0 heterocycles. The maximum atomic E-state index is 3.62. The average molecular weight is 183 g/mol. The van der Waals surface area contributed by atoms with Crippen molar-refractivity contribution in [1.29, 1.82) is 0 Å². The van der Waals surface area contributed by atoms with Crippen molar-refractivity contribution >= 4 is 0 Å². The smallest absolute Gasteiger partial charge is 0.00683 e. The van der Waals surface area contributed by atoms with E-state index in [9.17, 15) is 0 Å². The van der Waals surface area contributed by atoms with Gasteiger partial charge in [0, 0.05) is 6.04 Å². The second-order valence-corrected chi connectivity index (χ2v) is 4.90. The lowest BCUT2D eigenvalue weighted by atomic mass is 9.83. The van der Waals surface area contributed by atoms with E-state index >= 15 is 0 Å². The van der Waals surface area contributed by atoms with Crippen LogP contribution in [0.3, 0.4) is 0 Å². The van der Waals surface area contributed by atoms with Gasteiger partial charge in [-0.25, -0.2) is 0 Å². The summed E-state index contributed by atoms with van der Waals surface area (Å²) < 4.78 is 0. The van der Waals surface area contributed by atoms with Gasteiger partial charge in [-0.2, -0.15) is 0 Å². The Morgan fingerprint density at radius 3 is 2.23 bits per heavy atom. The summed E-state index contributed by atoms with van der Waals surface area (Å²) in [4.78, 5) is 0. The predicted octanol–water partition coefficient (Wildman–Crippen LogP) is 3.06. The minimum Gasteiger partial charge on any atom is -0.314 e. The summed E-state index contributed by atoms with van der Waals surface area (Å²) in [6.07, 6.45) is 4.13. The van der Waals surface area contributed by atoms with Crippen LogP contribution in [0.1, 0.15) is 47.0 Å². The number of hydrogen-bond acceptors (Lipinski definition) is 1. The summed E-state index contributed by atoms with van der Waals surface area (Å²) in [6.45, 7) is 10.7. The molecule has 0 aliphatic heterocycles. The molecular weight excluding hydrogens is 158 g/mol. The van der Waals surface area contributed by atoms with Gasteiger partial charge in [0.25, 0.3) is 0 Å². The van der Waals surface area contributed by atoms with Crippen molar-refractivity contribution < 1.29 is 0 Å². The molecule has 0 amide bonds. The first kappa shape index (κ1) is 11.0. The highest BCUT2D eigenvalue weighted by atomic mass is 14.9. The summed E-state index contributed by atoms with van der Waals surface area (Å²) >= 11 is 0. The molecule has 1 N–H and O–H groups in total. The average Bonchev–Trinajstić information content (AvgIpc) is 2.95. The van der Waals surface area contributed by atoms with E-state index in [1.54, 1.807) is 0 Å². The molecule has 0 aromatic heterocycles. The van der Waals surface area contributed by atoms with Crippen LogP contribution in [0.25, 0.3) is 0 Å². The Kier molecular flexibility index (Phi) is 4.24. The topological polar surface area (TPSA) is 12.0 Å². The minimum absolute atomic E-state index is 0.829. The summed E-state index contributed by atoms with van der Waals surface area (Å²) in [5.74, 6) is 2.56. The van der Waals surface area contributed by atoms with Crippen molar-refractivity contribution in [3.05, 3.63) is 0 Å². The Morgan fingerprint density at radius 2 is 1.77 bits per heavy atom. The molecule has 0 aromatic carbocycles. The summed E-state index contributed by atoms with van der Waals surface area (Å²) in [5, 5.41) is 3.62. The number of hydrogen-bond donors (Lipinski definition) is 1. The van der Waals surface area contributed by atoms with Crippen molar-refractivity contribution in [2.75, 3.05) is 6.54 Å². The van der Waals surface area contributed by atoms with Crippen LogP contribution in [0.2, 0.25) is 0 Å². The molecule has 0 radical (unpaired) electrons. The second kappa shape index (κ2) is 4.99. The Morgan fingerprint density at radius 1 is 1.15 bits per heavy atom. The maximum absolute atomic E-state index is 3.62. The summed E-state index contributed by atoms with van der Waals surface area (Å²) in [6, 6.07) is 0.867. The van der Waals surface area contributed by atoms with Crippen LogP contribution in [0.5, 0.6) is 0 Å². The fourth-order valence-corrected chi connectivity index (χ4v) is 1.76. The van der Waals surface area contributed by atoms with Gasteiger partial charge in [-0.15, -0.1) is 0 Å². The van der Waals surface area contributed by atoms with Gasteiger partial charge in [0.1, 0.15) is 0 Å². The molecular formula is C12H25N. The first-order chi connectivity index (χ1) is 6.15. The van der Waals surface area contributed by atoms with Crippen LogP contribution in [-0.4, -0.2) is 12.6 Å². The van der Waals surface area contributed by atoms with Gasteiger partial charge in [-0.3, -0.25) is 0 Å². The van der Waals surface area contributed by atoms with Gasteiger partial charge in [-0.1, -0.05) is 34.1 Å². The molecule has 0 saturated heterocycles. The fraction of sp³-hybridized carbons (Fsp3) is 1.00. The zero-order valence-electron chi connectivity index (χ0n) is 9.64. The molecule has 1 heteroatoms. The van der Waals surface area contributed by atoms with Crippen LogP contribution >= 0.6 is 0 Å². The van der Waals surface area contributed by atoms with E-state index in [-0.39, 0.29) is 0 Å². The highest BCUT2D eigenvalue weighted by molar-refractivity contribution is 4.82. The molecule has 1 aliphatic rings. The van der Waals surface area contributed by atoms with E-state index in [0.29, 0.717) is 0 Å². The van der Waals surface area contributed by atoms with E-state index in [0.717, 1.165) is 23.8 Å².